The number of hydrogen-bond donors (Lipinski definition) is 2. The summed E-state index contributed by atoms with van der Waals surface area (Å²) in [6.07, 6.45) is 9.78. The number of thiophene rings is 1. The number of ketones is 1. The molecule has 1 aliphatic carbocycles. The van der Waals surface area contributed by atoms with Gasteiger partial charge in [-0.15, -0.1) is 11.3 Å². The van der Waals surface area contributed by atoms with Gasteiger partial charge in [0.15, 0.2) is 11.4 Å². The van der Waals surface area contributed by atoms with Gasteiger partial charge in [-0.3, -0.25) is 9.59 Å². The number of hydrogen-bond acceptors (Lipinski definition) is 6. The molecule has 2 N–H and O–H groups in total. The lowest BCUT2D eigenvalue weighted by molar-refractivity contribution is -0.00189. The highest BCUT2D eigenvalue weighted by atomic mass is 32.1. The van der Waals surface area contributed by atoms with Gasteiger partial charge in [0.05, 0.1) is 32.8 Å². The molecule has 0 bridgehead atoms. The number of carbonyl (C=O) groups is 2. The van der Waals surface area contributed by atoms with Crippen molar-refractivity contribution in [1.82, 2.24) is 19.9 Å². The Balaban J connectivity index is 1.40. The van der Waals surface area contributed by atoms with Crippen LogP contribution in [0.25, 0.3) is 21.7 Å². The van der Waals surface area contributed by atoms with Crippen LogP contribution in [0.4, 0.5) is 0 Å². The molecule has 2 fully saturated rings. The van der Waals surface area contributed by atoms with Crippen molar-refractivity contribution in [2.75, 3.05) is 13.1 Å². The molecular weight excluding hydrogens is 436 g/mol. The zero-order chi connectivity index (χ0) is 23.2. The Morgan fingerprint density at radius 2 is 1.82 bits per heavy atom. The number of aromatic amines is 1. The average molecular weight is 467 g/mol. The first-order valence-electron chi connectivity index (χ1n) is 11.8. The third-order valence-corrected chi connectivity index (χ3v) is 8.42. The molecule has 7 nitrogen and oxygen atoms in total. The van der Waals surface area contributed by atoms with Crippen molar-refractivity contribution >= 4 is 34.2 Å². The molecule has 5 rings (SSSR count). The minimum Gasteiger partial charge on any atom is -0.390 e. The molecule has 3 aromatic rings. The highest BCUT2D eigenvalue weighted by Gasteiger charge is 2.36. The Morgan fingerprint density at radius 1 is 1.09 bits per heavy atom. The van der Waals surface area contributed by atoms with Gasteiger partial charge in [-0.2, -0.15) is 0 Å². The number of fused-ring (bicyclic) bond motifs is 1. The minimum absolute atomic E-state index is 0.0153. The normalized spacial score (nSPS) is 20.2. The number of carbonyl (C=O) groups excluding carboxylic acids is 2. The second-order valence-electron chi connectivity index (χ2n) is 10.1. The molecule has 1 saturated heterocycles. The number of H-pyrrole nitrogens is 1. The Morgan fingerprint density at radius 3 is 2.55 bits per heavy atom. The molecule has 0 aromatic carbocycles. The van der Waals surface area contributed by atoms with Gasteiger partial charge < -0.3 is 15.0 Å². The van der Waals surface area contributed by atoms with Crippen molar-refractivity contribution in [2.45, 2.75) is 64.4 Å². The maximum atomic E-state index is 13.4. The van der Waals surface area contributed by atoms with Crippen LogP contribution in [-0.4, -0.2) is 55.3 Å². The number of Topliss-reactive ketones (excluding diaryl/α,β-unsaturated/α-hetero) is 1. The van der Waals surface area contributed by atoms with E-state index < -0.39 is 5.60 Å². The van der Waals surface area contributed by atoms with E-state index in [0.717, 1.165) is 30.6 Å². The number of likely N-dealkylation sites (tertiary alicyclic amines) is 1. The van der Waals surface area contributed by atoms with E-state index in [0.29, 0.717) is 53.2 Å². The Bertz CT molecular complexity index is 1200. The van der Waals surface area contributed by atoms with E-state index in [1.807, 2.05) is 19.1 Å². The van der Waals surface area contributed by atoms with Gasteiger partial charge in [0.25, 0.3) is 5.91 Å². The highest BCUT2D eigenvalue weighted by molar-refractivity contribution is 7.17. The van der Waals surface area contributed by atoms with Gasteiger partial charge in [-0.05, 0) is 44.7 Å². The fourth-order valence-corrected chi connectivity index (χ4v) is 5.93. The minimum atomic E-state index is -0.692. The molecule has 0 spiro atoms. The van der Waals surface area contributed by atoms with E-state index in [2.05, 4.69) is 16.9 Å². The van der Waals surface area contributed by atoms with Crippen molar-refractivity contribution in [1.29, 1.82) is 0 Å². The summed E-state index contributed by atoms with van der Waals surface area (Å²) in [5.74, 6) is 0.126. The quantitative estimate of drug-likeness (QED) is 0.537. The third-order valence-electron chi connectivity index (χ3n) is 7.33. The Hall–Kier alpha value is -2.58. The van der Waals surface area contributed by atoms with E-state index in [9.17, 15) is 14.7 Å². The van der Waals surface area contributed by atoms with Gasteiger partial charge in [0, 0.05) is 24.7 Å². The first-order valence-corrected chi connectivity index (χ1v) is 12.6. The van der Waals surface area contributed by atoms with Crippen molar-refractivity contribution in [3.63, 3.8) is 0 Å². The number of aromatic nitrogens is 3. The van der Waals surface area contributed by atoms with E-state index in [1.165, 1.54) is 17.8 Å². The highest BCUT2D eigenvalue weighted by Crippen LogP contribution is 2.40. The molecule has 1 aliphatic heterocycles. The van der Waals surface area contributed by atoms with Crippen LogP contribution < -0.4 is 0 Å². The summed E-state index contributed by atoms with van der Waals surface area (Å²) in [6.45, 7) is 5.00. The first kappa shape index (κ1) is 22.2. The zero-order valence-corrected chi connectivity index (χ0v) is 20.0. The molecule has 1 saturated carbocycles. The monoisotopic (exact) mass is 466 g/mol. The number of nitrogens with one attached hydrogen (secondary N) is 1. The van der Waals surface area contributed by atoms with E-state index >= 15 is 0 Å². The molecule has 4 heterocycles. The summed E-state index contributed by atoms with van der Waals surface area (Å²) in [5.41, 5.74) is 1.45. The summed E-state index contributed by atoms with van der Waals surface area (Å²) in [6, 6.07) is 3.72. The number of amides is 1. The van der Waals surface area contributed by atoms with Crippen LogP contribution >= 0.6 is 11.3 Å². The maximum Gasteiger partial charge on any atom is 0.263 e. The molecule has 0 unspecified atom stereocenters. The van der Waals surface area contributed by atoms with Crippen LogP contribution in [0.5, 0.6) is 0 Å². The molecule has 3 aromatic heterocycles. The SMILES string of the molecule is CC1(O)CCN(C(=O)c2ccc(-c3cnc4[nH]cc(C(=O)C5(C)CCCCC5)c4n3)s2)CC1. The van der Waals surface area contributed by atoms with Gasteiger partial charge in [0.1, 0.15) is 5.52 Å². The van der Waals surface area contributed by atoms with Crippen molar-refractivity contribution in [3.05, 3.63) is 35.0 Å². The lowest BCUT2D eigenvalue weighted by Crippen LogP contribution is -2.44. The number of rotatable bonds is 4. The lowest BCUT2D eigenvalue weighted by atomic mass is 9.71. The van der Waals surface area contributed by atoms with E-state index in [-0.39, 0.29) is 17.1 Å². The summed E-state index contributed by atoms with van der Waals surface area (Å²) in [4.78, 5) is 42.1. The Labute approximate surface area is 197 Å². The van der Waals surface area contributed by atoms with Crippen molar-refractivity contribution < 1.29 is 14.7 Å². The first-order chi connectivity index (χ1) is 15.8. The molecule has 0 atom stereocenters. The van der Waals surface area contributed by atoms with Crippen LogP contribution in [0.15, 0.2) is 24.5 Å². The second-order valence-corrected chi connectivity index (χ2v) is 11.1. The third kappa shape index (κ3) is 4.22. The summed E-state index contributed by atoms with van der Waals surface area (Å²) in [7, 11) is 0. The van der Waals surface area contributed by atoms with Gasteiger partial charge in [0.2, 0.25) is 0 Å². The van der Waals surface area contributed by atoms with E-state index in [1.54, 1.807) is 17.3 Å². The molecule has 8 heteroatoms. The maximum absolute atomic E-state index is 13.4. The van der Waals surface area contributed by atoms with Gasteiger partial charge in [-0.25, -0.2) is 9.97 Å². The van der Waals surface area contributed by atoms with Crippen LogP contribution in [0.1, 0.15) is 78.8 Å². The van der Waals surface area contributed by atoms with Gasteiger partial charge in [-0.1, -0.05) is 26.2 Å². The van der Waals surface area contributed by atoms with Crippen LogP contribution in [0.3, 0.4) is 0 Å². The largest absolute Gasteiger partial charge is 0.390 e. The summed E-state index contributed by atoms with van der Waals surface area (Å²) >= 11 is 1.39. The molecule has 174 valence electrons. The zero-order valence-electron chi connectivity index (χ0n) is 19.2. The molecule has 33 heavy (non-hydrogen) atoms. The smallest absolute Gasteiger partial charge is 0.263 e. The summed E-state index contributed by atoms with van der Waals surface area (Å²) in [5, 5.41) is 10.1. The fraction of sp³-hybridized carbons (Fsp3) is 0.520. The molecule has 0 radical (unpaired) electrons. The van der Waals surface area contributed by atoms with Crippen molar-refractivity contribution in [2.24, 2.45) is 5.41 Å². The average Bonchev–Trinajstić information content (AvgIpc) is 3.46. The number of aliphatic hydroxyl groups is 1. The molecule has 2 aliphatic rings. The van der Waals surface area contributed by atoms with Gasteiger partial charge >= 0.3 is 0 Å². The Kier molecular flexibility index (Phi) is 5.61. The molecule has 1 amide bonds. The van der Waals surface area contributed by atoms with Crippen LogP contribution in [0.2, 0.25) is 0 Å². The number of piperidine rings is 1. The van der Waals surface area contributed by atoms with E-state index in [4.69, 9.17) is 4.98 Å². The predicted molar refractivity (Wildman–Crippen MR) is 128 cm³/mol. The fourth-order valence-electron chi connectivity index (χ4n) is 5.01. The number of nitrogens with zero attached hydrogens (tertiary/aromatic N) is 3. The predicted octanol–water partition coefficient (Wildman–Crippen LogP) is 4.83. The van der Waals surface area contributed by atoms with Crippen LogP contribution in [-0.2, 0) is 0 Å². The van der Waals surface area contributed by atoms with Crippen LogP contribution in [0, 0.1) is 5.41 Å². The van der Waals surface area contributed by atoms with Crippen molar-refractivity contribution in [3.8, 4) is 10.6 Å². The summed E-state index contributed by atoms with van der Waals surface area (Å²) < 4.78 is 0. The topological polar surface area (TPSA) is 99.2 Å². The standard InChI is InChI=1S/C25H30N4O3S/c1-24(8-4-3-5-9-24)21(30)16-14-26-22-20(16)28-17(15-27-22)18-6-7-19(33-18)23(31)29-12-10-25(2,32)11-13-29/h6-7,14-15,32H,3-5,8-13H2,1-2H3,(H,26,27). The lowest BCUT2D eigenvalue weighted by Gasteiger charge is -2.35. The molecular formula is C25H30N4O3S. The second kappa shape index (κ2) is 8.33.